The highest BCUT2D eigenvalue weighted by Crippen LogP contribution is 2.25. The zero-order valence-electron chi connectivity index (χ0n) is 8.08. The smallest absolute Gasteiger partial charge is 0.124 e. The van der Waals surface area contributed by atoms with Crippen molar-refractivity contribution in [3.05, 3.63) is 41.5 Å². The van der Waals surface area contributed by atoms with Crippen LogP contribution in [0.1, 0.15) is 11.3 Å². The Morgan fingerprint density at radius 1 is 1.40 bits per heavy atom. The van der Waals surface area contributed by atoms with E-state index >= 15 is 0 Å². The van der Waals surface area contributed by atoms with Crippen LogP contribution in [0.2, 0.25) is 0 Å². The Morgan fingerprint density at radius 3 is 2.80 bits per heavy atom. The van der Waals surface area contributed by atoms with Crippen molar-refractivity contribution >= 4 is 0 Å². The largest absolute Gasteiger partial charge is 0.282 e. The standard InChI is InChI=1S/C11H8FN3/c1-7-11(6-14-15-7)10-3-2-9(12)4-8(10)5-13/h2-4,6H,1H3,(H,14,15). The van der Waals surface area contributed by atoms with Gasteiger partial charge in [-0.3, -0.25) is 5.10 Å². The van der Waals surface area contributed by atoms with Crippen LogP contribution in [0, 0.1) is 24.1 Å². The van der Waals surface area contributed by atoms with E-state index < -0.39 is 5.82 Å². The van der Waals surface area contributed by atoms with E-state index in [9.17, 15) is 4.39 Å². The molecule has 0 spiro atoms. The van der Waals surface area contributed by atoms with Gasteiger partial charge in [-0.2, -0.15) is 10.4 Å². The molecule has 0 radical (unpaired) electrons. The number of nitriles is 1. The van der Waals surface area contributed by atoms with Crippen molar-refractivity contribution in [3.63, 3.8) is 0 Å². The molecule has 74 valence electrons. The van der Waals surface area contributed by atoms with Gasteiger partial charge in [-0.1, -0.05) is 6.07 Å². The summed E-state index contributed by atoms with van der Waals surface area (Å²) in [6.07, 6.45) is 1.63. The van der Waals surface area contributed by atoms with E-state index in [1.165, 1.54) is 12.1 Å². The quantitative estimate of drug-likeness (QED) is 0.770. The second-order valence-electron chi connectivity index (χ2n) is 3.21. The molecule has 0 bridgehead atoms. The SMILES string of the molecule is Cc1[nH]ncc1-c1ccc(F)cc1C#N. The van der Waals surface area contributed by atoms with E-state index in [2.05, 4.69) is 10.2 Å². The number of hydrogen-bond donors (Lipinski definition) is 1. The highest BCUT2D eigenvalue weighted by Gasteiger charge is 2.09. The van der Waals surface area contributed by atoms with E-state index in [0.717, 1.165) is 11.3 Å². The Balaban J connectivity index is 2.64. The fraction of sp³-hybridized carbons (Fsp3) is 0.0909. The number of halogens is 1. The first-order valence-corrected chi connectivity index (χ1v) is 4.42. The van der Waals surface area contributed by atoms with Crippen molar-refractivity contribution in [1.29, 1.82) is 5.26 Å². The van der Waals surface area contributed by atoms with E-state index in [-0.39, 0.29) is 0 Å². The lowest BCUT2D eigenvalue weighted by atomic mass is 10.0. The Bertz CT molecular complexity index is 537. The van der Waals surface area contributed by atoms with Gasteiger partial charge in [-0.05, 0) is 19.1 Å². The summed E-state index contributed by atoms with van der Waals surface area (Å²) in [4.78, 5) is 0. The molecule has 0 fully saturated rings. The fourth-order valence-electron chi connectivity index (χ4n) is 1.47. The van der Waals surface area contributed by atoms with Gasteiger partial charge in [-0.15, -0.1) is 0 Å². The lowest BCUT2D eigenvalue weighted by Gasteiger charge is -2.02. The number of aromatic amines is 1. The number of rotatable bonds is 1. The van der Waals surface area contributed by atoms with Gasteiger partial charge in [0.2, 0.25) is 0 Å². The van der Waals surface area contributed by atoms with Crippen molar-refractivity contribution in [2.24, 2.45) is 0 Å². The highest BCUT2D eigenvalue weighted by atomic mass is 19.1. The van der Waals surface area contributed by atoms with Crippen LogP contribution >= 0.6 is 0 Å². The lowest BCUT2D eigenvalue weighted by molar-refractivity contribution is 0.627. The maximum absolute atomic E-state index is 12.9. The summed E-state index contributed by atoms with van der Waals surface area (Å²) in [5, 5.41) is 15.5. The van der Waals surface area contributed by atoms with Crippen molar-refractivity contribution in [2.45, 2.75) is 6.92 Å². The number of aryl methyl sites for hydroxylation is 1. The maximum Gasteiger partial charge on any atom is 0.124 e. The predicted molar refractivity (Wildman–Crippen MR) is 53.4 cm³/mol. The monoisotopic (exact) mass is 201 g/mol. The molecule has 1 aromatic carbocycles. The molecule has 0 saturated heterocycles. The summed E-state index contributed by atoms with van der Waals surface area (Å²) in [6.45, 7) is 1.85. The van der Waals surface area contributed by atoms with Crippen LogP contribution in [-0.2, 0) is 0 Å². The molecule has 2 rings (SSSR count). The molecule has 0 amide bonds. The van der Waals surface area contributed by atoms with Crippen LogP contribution in [-0.4, -0.2) is 10.2 Å². The summed E-state index contributed by atoms with van der Waals surface area (Å²) in [5.41, 5.74) is 2.70. The third-order valence-corrected chi connectivity index (χ3v) is 2.22. The van der Waals surface area contributed by atoms with E-state index in [4.69, 9.17) is 5.26 Å². The molecule has 3 nitrogen and oxygen atoms in total. The first-order chi connectivity index (χ1) is 7.22. The molecule has 0 aliphatic heterocycles. The molecular formula is C11H8FN3. The summed E-state index contributed by atoms with van der Waals surface area (Å²) < 4.78 is 12.9. The van der Waals surface area contributed by atoms with Gasteiger partial charge in [0.25, 0.3) is 0 Å². The average molecular weight is 201 g/mol. The van der Waals surface area contributed by atoms with E-state index in [1.54, 1.807) is 12.3 Å². The van der Waals surface area contributed by atoms with Crippen molar-refractivity contribution in [2.75, 3.05) is 0 Å². The van der Waals surface area contributed by atoms with Crippen LogP contribution in [0.4, 0.5) is 4.39 Å². The molecular weight excluding hydrogens is 193 g/mol. The molecule has 0 saturated carbocycles. The minimum absolute atomic E-state index is 0.319. The molecule has 15 heavy (non-hydrogen) atoms. The minimum atomic E-state index is -0.406. The Labute approximate surface area is 86.2 Å². The number of aromatic nitrogens is 2. The normalized spacial score (nSPS) is 9.93. The van der Waals surface area contributed by atoms with Crippen LogP contribution in [0.15, 0.2) is 24.4 Å². The molecule has 0 aliphatic carbocycles. The number of nitrogens with zero attached hydrogens (tertiary/aromatic N) is 2. The lowest BCUT2D eigenvalue weighted by Crippen LogP contribution is -1.86. The molecule has 2 aromatic rings. The topological polar surface area (TPSA) is 52.5 Å². The van der Waals surface area contributed by atoms with Crippen LogP contribution in [0.5, 0.6) is 0 Å². The second kappa shape index (κ2) is 3.54. The first kappa shape index (κ1) is 9.41. The van der Waals surface area contributed by atoms with Crippen LogP contribution < -0.4 is 0 Å². The van der Waals surface area contributed by atoms with Crippen LogP contribution in [0.3, 0.4) is 0 Å². The van der Waals surface area contributed by atoms with E-state index in [1.807, 2.05) is 13.0 Å². The number of nitrogens with one attached hydrogen (secondary N) is 1. The predicted octanol–water partition coefficient (Wildman–Crippen LogP) is 2.40. The molecule has 1 N–H and O–H groups in total. The summed E-state index contributed by atoms with van der Waals surface area (Å²) in [7, 11) is 0. The van der Waals surface area contributed by atoms with Gasteiger partial charge in [-0.25, -0.2) is 4.39 Å². The number of H-pyrrole nitrogens is 1. The Morgan fingerprint density at radius 2 is 2.20 bits per heavy atom. The number of benzene rings is 1. The Hall–Kier alpha value is -2.15. The molecule has 0 aliphatic rings. The molecule has 4 heteroatoms. The summed E-state index contributed by atoms with van der Waals surface area (Å²) in [6, 6.07) is 6.12. The van der Waals surface area contributed by atoms with E-state index in [0.29, 0.717) is 11.1 Å². The summed E-state index contributed by atoms with van der Waals surface area (Å²) in [5.74, 6) is -0.406. The van der Waals surface area contributed by atoms with Gasteiger partial charge < -0.3 is 0 Å². The molecule has 0 unspecified atom stereocenters. The molecule has 1 heterocycles. The number of hydrogen-bond acceptors (Lipinski definition) is 2. The second-order valence-corrected chi connectivity index (χ2v) is 3.21. The fourth-order valence-corrected chi connectivity index (χ4v) is 1.47. The van der Waals surface area contributed by atoms with Gasteiger partial charge in [0.15, 0.2) is 0 Å². The maximum atomic E-state index is 12.9. The van der Waals surface area contributed by atoms with Crippen molar-refractivity contribution in [3.8, 4) is 17.2 Å². The van der Waals surface area contributed by atoms with Gasteiger partial charge >= 0.3 is 0 Å². The third kappa shape index (κ3) is 1.59. The minimum Gasteiger partial charge on any atom is -0.282 e. The zero-order chi connectivity index (χ0) is 10.8. The van der Waals surface area contributed by atoms with Crippen molar-refractivity contribution < 1.29 is 4.39 Å². The van der Waals surface area contributed by atoms with Gasteiger partial charge in [0.05, 0.1) is 17.8 Å². The summed E-state index contributed by atoms with van der Waals surface area (Å²) >= 11 is 0. The average Bonchev–Trinajstić information content (AvgIpc) is 2.64. The van der Waals surface area contributed by atoms with Crippen LogP contribution in [0.25, 0.3) is 11.1 Å². The Kier molecular flexibility index (Phi) is 2.22. The zero-order valence-corrected chi connectivity index (χ0v) is 8.08. The highest BCUT2D eigenvalue weighted by molar-refractivity contribution is 5.71. The molecule has 0 atom stereocenters. The third-order valence-electron chi connectivity index (χ3n) is 2.22. The van der Waals surface area contributed by atoms with Gasteiger partial charge in [0.1, 0.15) is 5.82 Å². The molecule has 1 aromatic heterocycles. The first-order valence-electron chi connectivity index (χ1n) is 4.42. The van der Waals surface area contributed by atoms with Crippen molar-refractivity contribution in [1.82, 2.24) is 10.2 Å². The van der Waals surface area contributed by atoms with Gasteiger partial charge in [0, 0.05) is 16.8 Å².